The smallest absolute Gasteiger partial charge is 0.170 e. The van der Waals surface area contributed by atoms with Crippen LogP contribution < -0.4 is 10.1 Å². The minimum atomic E-state index is -0.178. The Labute approximate surface area is 112 Å². The molecule has 2 rings (SSSR count). The maximum atomic E-state index is 5.81. The maximum Gasteiger partial charge on any atom is 0.170 e. The van der Waals surface area contributed by atoms with Crippen LogP contribution >= 0.6 is 11.6 Å². The van der Waals surface area contributed by atoms with Gasteiger partial charge in [-0.3, -0.25) is 0 Å². The van der Waals surface area contributed by atoms with Crippen molar-refractivity contribution < 1.29 is 14.2 Å². The Morgan fingerprint density at radius 2 is 2.11 bits per heavy atom. The molecule has 1 aromatic rings. The number of rotatable bonds is 5. The van der Waals surface area contributed by atoms with Gasteiger partial charge in [0.25, 0.3) is 0 Å². The van der Waals surface area contributed by atoms with Crippen LogP contribution in [-0.4, -0.2) is 38.7 Å². The zero-order valence-corrected chi connectivity index (χ0v) is 11.2. The van der Waals surface area contributed by atoms with Gasteiger partial charge in [0.2, 0.25) is 0 Å². The lowest BCUT2D eigenvalue weighted by atomic mass is 10.3. The minimum absolute atomic E-state index is 0.00554. The van der Waals surface area contributed by atoms with E-state index in [1.165, 1.54) is 0 Å². The molecule has 1 aromatic carbocycles. The van der Waals surface area contributed by atoms with Crippen molar-refractivity contribution in [1.82, 2.24) is 5.32 Å². The Hall–Kier alpha value is -0.810. The lowest BCUT2D eigenvalue weighted by Crippen LogP contribution is -2.48. The van der Waals surface area contributed by atoms with Gasteiger partial charge in [0, 0.05) is 24.7 Å². The molecule has 0 bridgehead atoms. The number of ether oxygens (including phenoxy) is 3. The van der Waals surface area contributed by atoms with Crippen molar-refractivity contribution in [3.63, 3.8) is 0 Å². The SMILES string of the molecule is CCO[C@@H]1CNC[C@H](COc2ccc(Cl)cc2)O1. The molecule has 0 amide bonds. The van der Waals surface area contributed by atoms with E-state index in [1.54, 1.807) is 12.1 Å². The molecule has 0 aliphatic carbocycles. The Morgan fingerprint density at radius 1 is 1.33 bits per heavy atom. The fourth-order valence-electron chi connectivity index (χ4n) is 1.78. The standard InChI is InChI=1S/C13H18ClNO3/c1-2-16-13-8-15-7-12(18-13)9-17-11-5-3-10(14)4-6-11/h3-6,12-13,15H,2,7-9H2,1H3/t12-,13+/m1/s1. The highest BCUT2D eigenvalue weighted by atomic mass is 35.5. The fourth-order valence-corrected chi connectivity index (χ4v) is 1.90. The second-order valence-electron chi connectivity index (χ2n) is 4.07. The van der Waals surface area contributed by atoms with Crippen molar-refractivity contribution in [3.05, 3.63) is 29.3 Å². The second kappa shape index (κ2) is 6.95. The highest BCUT2D eigenvalue weighted by Gasteiger charge is 2.22. The molecule has 1 aliphatic rings. The Kier molecular flexibility index (Phi) is 5.26. The van der Waals surface area contributed by atoms with Crippen LogP contribution in [0.1, 0.15) is 6.92 Å². The predicted octanol–water partition coefficient (Wildman–Crippen LogP) is 2.07. The molecule has 5 heteroatoms. The number of hydrogen-bond acceptors (Lipinski definition) is 4. The van der Waals surface area contributed by atoms with Gasteiger partial charge in [0.1, 0.15) is 18.5 Å². The molecule has 18 heavy (non-hydrogen) atoms. The molecule has 0 aromatic heterocycles. The first-order valence-electron chi connectivity index (χ1n) is 6.14. The first-order chi connectivity index (χ1) is 8.78. The van der Waals surface area contributed by atoms with Crippen LogP contribution in [0.3, 0.4) is 0 Å². The van der Waals surface area contributed by atoms with Gasteiger partial charge in [-0.2, -0.15) is 0 Å². The van der Waals surface area contributed by atoms with Gasteiger partial charge in [0.15, 0.2) is 6.29 Å². The molecular weight excluding hydrogens is 254 g/mol. The van der Waals surface area contributed by atoms with E-state index >= 15 is 0 Å². The summed E-state index contributed by atoms with van der Waals surface area (Å²) in [5, 5.41) is 3.97. The van der Waals surface area contributed by atoms with E-state index in [9.17, 15) is 0 Å². The fraction of sp³-hybridized carbons (Fsp3) is 0.538. The van der Waals surface area contributed by atoms with Gasteiger partial charge < -0.3 is 19.5 Å². The number of morpholine rings is 1. The summed E-state index contributed by atoms with van der Waals surface area (Å²) in [4.78, 5) is 0. The summed E-state index contributed by atoms with van der Waals surface area (Å²) in [7, 11) is 0. The van der Waals surface area contributed by atoms with Crippen molar-refractivity contribution in [2.75, 3.05) is 26.3 Å². The molecule has 1 fully saturated rings. The summed E-state index contributed by atoms with van der Waals surface area (Å²) in [5.41, 5.74) is 0. The second-order valence-corrected chi connectivity index (χ2v) is 4.50. The molecule has 1 heterocycles. The average Bonchev–Trinajstić information content (AvgIpc) is 2.39. The lowest BCUT2D eigenvalue weighted by Gasteiger charge is -2.30. The molecule has 2 atom stereocenters. The Bertz CT molecular complexity index is 356. The summed E-state index contributed by atoms with van der Waals surface area (Å²) in [6.45, 7) is 4.61. The van der Waals surface area contributed by atoms with E-state index in [4.69, 9.17) is 25.8 Å². The number of nitrogens with one attached hydrogen (secondary N) is 1. The van der Waals surface area contributed by atoms with Gasteiger partial charge in [0.05, 0.1) is 0 Å². The van der Waals surface area contributed by atoms with E-state index in [0.717, 1.165) is 18.8 Å². The minimum Gasteiger partial charge on any atom is -0.491 e. The van der Waals surface area contributed by atoms with Crippen LogP contribution in [-0.2, 0) is 9.47 Å². The molecule has 0 spiro atoms. The summed E-state index contributed by atoms with van der Waals surface area (Å²) in [6.07, 6.45) is -0.173. The Balaban J connectivity index is 1.77. The van der Waals surface area contributed by atoms with E-state index in [0.29, 0.717) is 18.2 Å². The van der Waals surface area contributed by atoms with Crippen molar-refractivity contribution in [1.29, 1.82) is 0 Å². The highest BCUT2D eigenvalue weighted by molar-refractivity contribution is 6.30. The average molecular weight is 272 g/mol. The summed E-state index contributed by atoms with van der Waals surface area (Å²) in [5.74, 6) is 0.793. The topological polar surface area (TPSA) is 39.7 Å². The van der Waals surface area contributed by atoms with Crippen LogP contribution in [0.15, 0.2) is 24.3 Å². The third-order valence-electron chi connectivity index (χ3n) is 2.63. The molecule has 0 saturated carbocycles. The van der Waals surface area contributed by atoms with Crippen molar-refractivity contribution >= 4 is 11.6 Å². The molecular formula is C13H18ClNO3. The number of halogens is 1. The summed E-state index contributed by atoms with van der Waals surface area (Å²) >= 11 is 5.81. The maximum absolute atomic E-state index is 5.81. The zero-order chi connectivity index (χ0) is 12.8. The molecule has 0 radical (unpaired) electrons. The van der Waals surface area contributed by atoms with Crippen LogP contribution in [0, 0.1) is 0 Å². The van der Waals surface area contributed by atoms with Gasteiger partial charge in [-0.1, -0.05) is 11.6 Å². The highest BCUT2D eigenvalue weighted by Crippen LogP contribution is 2.16. The number of benzene rings is 1. The van der Waals surface area contributed by atoms with Crippen LogP contribution in [0.2, 0.25) is 5.02 Å². The van der Waals surface area contributed by atoms with E-state index in [-0.39, 0.29) is 12.4 Å². The van der Waals surface area contributed by atoms with E-state index < -0.39 is 0 Å². The van der Waals surface area contributed by atoms with Gasteiger partial charge in [-0.15, -0.1) is 0 Å². The van der Waals surface area contributed by atoms with Gasteiger partial charge >= 0.3 is 0 Å². The van der Waals surface area contributed by atoms with E-state index in [2.05, 4.69) is 5.32 Å². The monoisotopic (exact) mass is 271 g/mol. The largest absolute Gasteiger partial charge is 0.491 e. The molecule has 100 valence electrons. The quantitative estimate of drug-likeness (QED) is 0.890. The summed E-state index contributed by atoms with van der Waals surface area (Å²) in [6, 6.07) is 7.30. The normalized spacial score (nSPS) is 23.9. The molecule has 4 nitrogen and oxygen atoms in total. The van der Waals surface area contributed by atoms with Crippen molar-refractivity contribution in [3.8, 4) is 5.75 Å². The lowest BCUT2D eigenvalue weighted by molar-refractivity contribution is -0.187. The molecule has 0 unspecified atom stereocenters. The Morgan fingerprint density at radius 3 is 2.83 bits per heavy atom. The van der Waals surface area contributed by atoms with Gasteiger partial charge in [-0.05, 0) is 31.2 Å². The van der Waals surface area contributed by atoms with Crippen LogP contribution in [0.25, 0.3) is 0 Å². The van der Waals surface area contributed by atoms with Crippen LogP contribution in [0.4, 0.5) is 0 Å². The molecule has 1 N–H and O–H groups in total. The summed E-state index contributed by atoms with van der Waals surface area (Å²) < 4.78 is 16.8. The first kappa shape index (κ1) is 13.6. The first-order valence-corrected chi connectivity index (χ1v) is 6.52. The van der Waals surface area contributed by atoms with Crippen LogP contribution in [0.5, 0.6) is 5.75 Å². The molecule has 1 saturated heterocycles. The van der Waals surface area contributed by atoms with E-state index in [1.807, 2.05) is 19.1 Å². The third-order valence-corrected chi connectivity index (χ3v) is 2.88. The third kappa shape index (κ3) is 4.14. The number of hydrogen-bond donors (Lipinski definition) is 1. The molecule has 1 aliphatic heterocycles. The van der Waals surface area contributed by atoms with Crippen molar-refractivity contribution in [2.45, 2.75) is 19.3 Å². The van der Waals surface area contributed by atoms with Crippen molar-refractivity contribution in [2.24, 2.45) is 0 Å². The van der Waals surface area contributed by atoms with Gasteiger partial charge in [-0.25, -0.2) is 0 Å². The predicted molar refractivity (Wildman–Crippen MR) is 70.1 cm³/mol. The zero-order valence-electron chi connectivity index (χ0n) is 10.4.